The number of hydrogen-bond acceptors (Lipinski definition) is 5. The standard InChI is InChI=1S/C36H46N4O4/c41-33(37-30-14-13-27-10-4-5-11-28(27)23-30)25-40-19-15-31-29(24-40)12-6-7-16-36(17-20-44-21-18-36)35(43)39-32(34(42)38-31)22-26-8-2-1-3-9-26/h1-3,6-9,13-14,23,29,31-32H,4-5,10-12,15-22,24-25H2,(H,37,41)(H,38,42)(H,39,43)/b7-6+/t29-,31+,32-/m0/s1. The molecule has 44 heavy (non-hydrogen) atoms. The molecule has 3 heterocycles. The fourth-order valence-corrected chi connectivity index (χ4v) is 7.41. The van der Waals surface area contributed by atoms with E-state index in [4.69, 9.17) is 4.74 Å². The van der Waals surface area contributed by atoms with E-state index in [1.807, 2.05) is 36.4 Å². The molecule has 0 bridgehead atoms. The topological polar surface area (TPSA) is 99.8 Å². The Morgan fingerprint density at radius 2 is 1.77 bits per heavy atom. The highest BCUT2D eigenvalue weighted by atomic mass is 16.5. The van der Waals surface area contributed by atoms with Gasteiger partial charge in [-0.15, -0.1) is 0 Å². The minimum absolute atomic E-state index is 0.000891. The average Bonchev–Trinajstić information content (AvgIpc) is 3.04. The number of rotatable bonds is 5. The molecule has 8 nitrogen and oxygen atoms in total. The molecule has 3 amide bonds. The Kier molecular flexibility index (Phi) is 9.77. The fourth-order valence-electron chi connectivity index (χ4n) is 7.41. The lowest BCUT2D eigenvalue weighted by Crippen LogP contribution is -2.58. The molecule has 3 N–H and O–H groups in total. The van der Waals surface area contributed by atoms with Gasteiger partial charge in [0.15, 0.2) is 0 Å². The van der Waals surface area contributed by atoms with Crippen LogP contribution in [0.3, 0.4) is 0 Å². The summed E-state index contributed by atoms with van der Waals surface area (Å²) in [4.78, 5) is 42.9. The van der Waals surface area contributed by atoms with Crippen molar-refractivity contribution in [3.05, 3.63) is 77.4 Å². The van der Waals surface area contributed by atoms with E-state index in [0.29, 0.717) is 45.4 Å². The van der Waals surface area contributed by atoms with Gasteiger partial charge in [0.05, 0.1) is 12.0 Å². The van der Waals surface area contributed by atoms with Gasteiger partial charge in [-0.1, -0.05) is 48.6 Å². The monoisotopic (exact) mass is 598 g/mol. The Labute approximate surface area is 261 Å². The SMILES string of the molecule is O=C(CN1CC[C@H]2NC(=O)[C@H](Cc3ccccc3)NC(=O)C3(C/C=C/C[C@H]2C1)CCOCC3)Nc1ccc2c(c1)CCCC2. The maximum absolute atomic E-state index is 13.8. The van der Waals surface area contributed by atoms with E-state index in [2.05, 4.69) is 45.1 Å². The number of carbonyl (C=O) groups excluding carboxylic acids is 3. The van der Waals surface area contributed by atoms with Crippen molar-refractivity contribution in [2.24, 2.45) is 11.3 Å². The Morgan fingerprint density at radius 1 is 0.977 bits per heavy atom. The Morgan fingerprint density at radius 3 is 2.59 bits per heavy atom. The van der Waals surface area contributed by atoms with Gasteiger partial charge in [0.1, 0.15) is 6.04 Å². The van der Waals surface area contributed by atoms with Crippen LogP contribution in [0.25, 0.3) is 0 Å². The molecule has 8 heteroatoms. The van der Waals surface area contributed by atoms with Crippen LogP contribution in [0, 0.1) is 11.3 Å². The van der Waals surface area contributed by atoms with Crippen molar-refractivity contribution in [2.45, 2.75) is 76.3 Å². The molecular weight excluding hydrogens is 552 g/mol. The number of carbonyl (C=O) groups is 3. The smallest absolute Gasteiger partial charge is 0.243 e. The summed E-state index contributed by atoms with van der Waals surface area (Å²) in [5.74, 6) is -0.0290. The van der Waals surface area contributed by atoms with Crippen LogP contribution < -0.4 is 16.0 Å². The lowest BCUT2D eigenvalue weighted by atomic mass is 9.75. The third-order valence-electron chi connectivity index (χ3n) is 10.1. The van der Waals surface area contributed by atoms with Gasteiger partial charge in [-0.25, -0.2) is 0 Å². The second-order valence-corrected chi connectivity index (χ2v) is 13.2. The van der Waals surface area contributed by atoms with Gasteiger partial charge in [0, 0.05) is 44.5 Å². The molecule has 2 aromatic carbocycles. The van der Waals surface area contributed by atoms with Gasteiger partial charge in [-0.05, 0) is 92.5 Å². The summed E-state index contributed by atoms with van der Waals surface area (Å²) in [6.45, 7) is 2.87. The zero-order valence-corrected chi connectivity index (χ0v) is 25.7. The Balaban J connectivity index is 1.15. The number of likely N-dealkylation sites (tertiary alicyclic amines) is 1. The van der Waals surface area contributed by atoms with Gasteiger partial charge in [-0.2, -0.15) is 0 Å². The molecular formula is C36H46N4O4. The summed E-state index contributed by atoms with van der Waals surface area (Å²) in [5, 5.41) is 9.61. The van der Waals surface area contributed by atoms with Crippen molar-refractivity contribution in [2.75, 3.05) is 38.2 Å². The normalized spacial score (nSPS) is 26.6. The highest BCUT2D eigenvalue weighted by molar-refractivity contribution is 5.92. The summed E-state index contributed by atoms with van der Waals surface area (Å²) >= 11 is 0. The van der Waals surface area contributed by atoms with E-state index in [9.17, 15) is 14.4 Å². The number of ether oxygens (including phenoxy) is 1. The molecule has 0 radical (unpaired) electrons. The molecule has 3 aliphatic heterocycles. The molecule has 1 aliphatic carbocycles. The highest BCUT2D eigenvalue weighted by Gasteiger charge is 2.41. The summed E-state index contributed by atoms with van der Waals surface area (Å²) in [7, 11) is 0. The first-order chi connectivity index (χ1) is 21.5. The number of nitrogens with one attached hydrogen (secondary N) is 3. The van der Waals surface area contributed by atoms with Crippen molar-refractivity contribution in [3.63, 3.8) is 0 Å². The minimum Gasteiger partial charge on any atom is -0.381 e. The van der Waals surface area contributed by atoms with E-state index in [-0.39, 0.29) is 29.7 Å². The third kappa shape index (κ3) is 7.41. The summed E-state index contributed by atoms with van der Waals surface area (Å²) < 4.78 is 5.62. The zero-order valence-electron chi connectivity index (χ0n) is 25.7. The van der Waals surface area contributed by atoms with Crippen LogP contribution in [0.5, 0.6) is 0 Å². The average molecular weight is 599 g/mol. The molecule has 6 rings (SSSR count). The Hall–Kier alpha value is -3.49. The first kappa shape index (κ1) is 30.5. The maximum Gasteiger partial charge on any atom is 0.243 e. The molecule has 0 aromatic heterocycles. The van der Waals surface area contributed by atoms with Gasteiger partial charge in [0.25, 0.3) is 0 Å². The van der Waals surface area contributed by atoms with Crippen LogP contribution in [0.4, 0.5) is 5.69 Å². The molecule has 1 spiro atoms. The number of allylic oxidation sites excluding steroid dienone is 2. The van der Waals surface area contributed by atoms with Gasteiger partial charge < -0.3 is 20.7 Å². The second-order valence-electron chi connectivity index (χ2n) is 13.2. The van der Waals surface area contributed by atoms with Crippen molar-refractivity contribution >= 4 is 23.4 Å². The van der Waals surface area contributed by atoms with E-state index in [0.717, 1.165) is 50.0 Å². The lowest BCUT2D eigenvalue weighted by molar-refractivity contribution is -0.140. The van der Waals surface area contributed by atoms with Crippen LogP contribution in [0.2, 0.25) is 0 Å². The van der Waals surface area contributed by atoms with Crippen LogP contribution in [-0.2, 0) is 38.4 Å². The fraction of sp³-hybridized carbons (Fsp3) is 0.528. The number of anilines is 1. The summed E-state index contributed by atoms with van der Waals surface area (Å²) in [6.07, 6.45) is 12.9. The lowest BCUT2D eigenvalue weighted by Gasteiger charge is -2.40. The van der Waals surface area contributed by atoms with Gasteiger partial charge in [-0.3, -0.25) is 19.3 Å². The molecule has 0 unspecified atom stereocenters. The van der Waals surface area contributed by atoms with Crippen molar-refractivity contribution in [1.82, 2.24) is 15.5 Å². The van der Waals surface area contributed by atoms with Crippen molar-refractivity contribution < 1.29 is 19.1 Å². The van der Waals surface area contributed by atoms with Gasteiger partial charge >= 0.3 is 0 Å². The number of fused-ring (bicyclic) bond motifs is 2. The number of hydrogen-bond donors (Lipinski definition) is 3. The van der Waals surface area contributed by atoms with Crippen LogP contribution in [-0.4, -0.2) is 67.6 Å². The van der Waals surface area contributed by atoms with Gasteiger partial charge in [0.2, 0.25) is 17.7 Å². The summed E-state index contributed by atoms with van der Waals surface area (Å²) in [5.41, 5.74) is 4.07. The first-order valence-corrected chi connectivity index (χ1v) is 16.5. The summed E-state index contributed by atoms with van der Waals surface area (Å²) in [6, 6.07) is 15.5. The minimum atomic E-state index is -0.658. The molecule has 4 aliphatic rings. The molecule has 2 fully saturated rings. The van der Waals surface area contributed by atoms with Crippen LogP contribution in [0.15, 0.2) is 60.7 Å². The Bertz CT molecular complexity index is 1350. The van der Waals surface area contributed by atoms with E-state index in [1.54, 1.807) is 0 Å². The molecule has 234 valence electrons. The van der Waals surface area contributed by atoms with Crippen molar-refractivity contribution in [1.29, 1.82) is 0 Å². The van der Waals surface area contributed by atoms with Crippen LogP contribution in [0.1, 0.15) is 61.6 Å². The predicted molar refractivity (Wildman–Crippen MR) is 171 cm³/mol. The highest BCUT2D eigenvalue weighted by Crippen LogP contribution is 2.36. The second kappa shape index (κ2) is 14.1. The number of aryl methyl sites for hydroxylation is 2. The molecule has 0 saturated carbocycles. The number of nitrogens with zero attached hydrogens (tertiary/aromatic N) is 1. The molecule has 2 saturated heterocycles. The van der Waals surface area contributed by atoms with Crippen molar-refractivity contribution in [3.8, 4) is 0 Å². The maximum atomic E-state index is 13.8. The van der Waals surface area contributed by atoms with Crippen LogP contribution >= 0.6 is 0 Å². The van der Waals surface area contributed by atoms with E-state index in [1.165, 1.54) is 24.0 Å². The third-order valence-corrected chi connectivity index (χ3v) is 10.1. The predicted octanol–water partition coefficient (Wildman–Crippen LogP) is 4.18. The first-order valence-electron chi connectivity index (χ1n) is 16.5. The quantitative estimate of drug-likeness (QED) is 0.449. The zero-order chi connectivity index (χ0) is 30.4. The van der Waals surface area contributed by atoms with E-state index < -0.39 is 11.5 Å². The number of amides is 3. The number of piperidine rings is 1. The van der Waals surface area contributed by atoms with E-state index >= 15 is 0 Å². The largest absolute Gasteiger partial charge is 0.381 e. The number of benzene rings is 2. The molecule has 3 atom stereocenters. The molecule has 2 aromatic rings.